The third-order valence-corrected chi connectivity index (χ3v) is 3.92. The van der Waals surface area contributed by atoms with Crippen LogP contribution in [0, 0.1) is 5.92 Å². The Kier molecular flexibility index (Phi) is 3.64. The van der Waals surface area contributed by atoms with Crippen molar-refractivity contribution in [1.82, 2.24) is 10.3 Å². The van der Waals surface area contributed by atoms with Crippen molar-refractivity contribution >= 4 is 5.91 Å². The van der Waals surface area contributed by atoms with Crippen LogP contribution in [0.5, 0.6) is 0 Å². The molecule has 0 radical (unpaired) electrons. The van der Waals surface area contributed by atoms with E-state index in [2.05, 4.69) is 17.2 Å². The number of carbonyl (C=O) groups excluding carboxylic acids is 1. The van der Waals surface area contributed by atoms with Gasteiger partial charge in [-0.05, 0) is 48.9 Å². The van der Waals surface area contributed by atoms with Gasteiger partial charge in [-0.25, -0.2) is 0 Å². The summed E-state index contributed by atoms with van der Waals surface area (Å²) in [5.41, 5.74) is 1.91. The topological polar surface area (TPSA) is 75.1 Å². The first kappa shape index (κ1) is 13.7. The summed E-state index contributed by atoms with van der Waals surface area (Å²) in [5, 5.41) is 2.71. The third-order valence-electron chi connectivity index (χ3n) is 3.92. The number of furan rings is 1. The van der Waals surface area contributed by atoms with Crippen molar-refractivity contribution < 1.29 is 9.21 Å². The molecule has 110 valence electrons. The Balaban J connectivity index is 1.79. The van der Waals surface area contributed by atoms with Crippen molar-refractivity contribution in [3.05, 3.63) is 57.4 Å². The summed E-state index contributed by atoms with van der Waals surface area (Å²) >= 11 is 0. The summed E-state index contributed by atoms with van der Waals surface area (Å²) < 4.78 is 5.15. The quantitative estimate of drug-likeness (QED) is 0.906. The molecule has 0 unspecified atom stereocenters. The highest BCUT2D eigenvalue weighted by molar-refractivity contribution is 5.93. The molecule has 0 saturated carbocycles. The fraction of sp³-hybridized carbons (Fsp3) is 0.375. The molecule has 0 bridgehead atoms. The highest BCUT2D eigenvalue weighted by Crippen LogP contribution is 2.23. The first-order valence-corrected chi connectivity index (χ1v) is 7.19. The number of pyridine rings is 1. The second kappa shape index (κ2) is 5.60. The summed E-state index contributed by atoms with van der Waals surface area (Å²) in [5.74, 6) is 0.877. The van der Waals surface area contributed by atoms with Crippen molar-refractivity contribution in [3.63, 3.8) is 0 Å². The molecule has 5 heteroatoms. The minimum atomic E-state index is -0.367. The van der Waals surface area contributed by atoms with Crippen molar-refractivity contribution in [1.29, 1.82) is 0 Å². The molecule has 1 aliphatic carbocycles. The molecular formula is C16H18N2O3. The van der Waals surface area contributed by atoms with E-state index in [1.54, 1.807) is 24.5 Å². The van der Waals surface area contributed by atoms with Crippen LogP contribution in [0.4, 0.5) is 0 Å². The maximum absolute atomic E-state index is 12.2. The van der Waals surface area contributed by atoms with E-state index in [-0.39, 0.29) is 23.6 Å². The van der Waals surface area contributed by atoms with Gasteiger partial charge >= 0.3 is 0 Å². The van der Waals surface area contributed by atoms with Gasteiger partial charge in [0, 0.05) is 5.69 Å². The first-order chi connectivity index (χ1) is 10.1. The van der Waals surface area contributed by atoms with E-state index < -0.39 is 0 Å². The Morgan fingerprint density at radius 3 is 3.14 bits per heavy atom. The standard InChI is InChI=1S/C16H18N2O3/c1-10-4-5-14-11(7-10)8-13(16(20)18-14)15(19)17-9-12-3-2-6-21-12/h2-3,6,8,10H,4-5,7,9H2,1H3,(H,17,19)(H,18,20)/t10-/m1/s1. The highest BCUT2D eigenvalue weighted by atomic mass is 16.3. The molecule has 1 atom stereocenters. The number of H-pyrrole nitrogens is 1. The summed E-state index contributed by atoms with van der Waals surface area (Å²) in [6.45, 7) is 2.46. The number of aromatic nitrogens is 1. The average Bonchev–Trinajstić information content (AvgIpc) is 2.98. The summed E-state index contributed by atoms with van der Waals surface area (Å²) in [6, 6.07) is 5.27. The lowest BCUT2D eigenvalue weighted by Gasteiger charge is -2.21. The van der Waals surface area contributed by atoms with Gasteiger partial charge in [-0.15, -0.1) is 0 Å². The van der Waals surface area contributed by atoms with E-state index in [9.17, 15) is 9.59 Å². The number of aromatic amines is 1. The number of hydrogen-bond donors (Lipinski definition) is 2. The summed E-state index contributed by atoms with van der Waals surface area (Å²) in [4.78, 5) is 27.0. The van der Waals surface area contributed by atoms with Gasteiger partial charge in [0.1, 0.15) is 11.3 Å². The van der Waals surface area contributed by atoms with Crippen molar-refractivity contribution in [2.24, 2.45) is 5.92 Å². The van der Waals surface area contributed by atoms with E-state index in [4.69, 9.17) is 4.42 Å². The molecule has 0 saturated heterocycles. The molecule has 1 amide bonds. The summed E-state index contributed by atoms with van der Waals surface area (Å²) in [6.07, 6.45) is 4.41. The predicted molar refractivity (Wildman–Crippen MR) is 78.1 cm³/mol. The minimum absolute atomic E-state index is 0.175. The van der Waals surface area contributed by atoms with Crippen LogP contribution < -0.4 is 10.9 Å². The van der Waals surface area contributed by atoms with E-state index in [1.165, 1.54) is 0 Å². The monoisotopic (exact) mass is 286 g/mol. The Labute approximate surface area is 122 Å². The fourth-order valence-corrected chi connectivity index (χ4v) is 2.73. The van der Waals surface area contributed by atoms with Crippen LogP contribution in [-0.4, -0.2) is 10.9 Å². The highest BCUT2D eigenvalue weighted by Gasteiger charge is 2.20. The van der Waals surface area contributed by atoms with Crippen molar-refractivity contribution in [2.45, 2.75) is 32.7 Å². The molecule has 2 heterocycles. The van der Waals surface area contributed by atoms with E-state index in [0.29, 0.717) is 11.7 Å². The van der Waals surface area contributed by atoms with Crippen LogP contribution >= 0.6 is 0 Å². The van der Waals surface area contributed by atoms with Crippen LogP contribution in [0.15, 0.2) is 33.7 Å². The maximum Gasteiger partial charge on any atom is 0.261 e. The number of nitrogens with one attached hydrogen (secondary N) is 2. The van der Waals surface area contributed by atoms with E-state index in [0.717, 1.165) is 30.5 Å². The number of hydrogen-bond acceptors (Lipinski definition) is 3. The molecule has 0 aliphatic heterocycles. The molecule has 0 spiro atoms. The Bertz CT molecular complexity index is 701. The molecule has 5 nitrogen and oxygen atoms in total. The Morgan fingerprint density at radius 2 is 2.38 bits per heavy atom. The molecule has 0 aromatic carbocycles. The van der Waals surface area contributed by atoms with Gasteiger partial charge < -0.3 is 14.7 Å². The van der Waals surface area contributed by atoms with Crippen molar-refractivity contribution in [2.75, 3.05) is 0 Å². The maximum atomic E-state index is 12.2. The SMILES string of the molecule is C[C@@H]1CCc2[nH]c(=O)c(C(=O)NCc3ccco3)cc2C1. The molecule has 2 aromatic rings. The van der Waals surface area contributed by atoms with Gasteiger partial charge in [-0.3, -0.25) is 9.59 Å². The second-order valence-electron chi connectivity index (χ2n) is 5.63. The van der Waals surface area contributed by atoms with Crippen LogP contribution in [0.25, 0.3) is 0 Å². The zero-order valence-corrected chi connectivity index (χ0v) is 11.9. The number of aryl methyl sites for hydroxylation is 1. The molecule has 3 rings (SSSR count). The van der Waals surface area contributed by atoms with E-state index >= 15 is 0 Å². The largest absolute Gasteiger partial charge is 0.467 e. The molecule has 0 fully saturated rings. The molecule has 21 heavy (non-hydrogen) atoms. The fourth-order valence-electron chi connectivity index (χ4n) is 2.73. The first-order valence-electron chi connectivity index (χ1n) is 7.19. The zero-order chi connectivity index (χ0) is 14.8. The Hall–Kier alpha value is -2.30. The zero-order valence-electron chi connectivity index (χ0n) is 11.9. The van der Waals surface area contributed by atoms with Crippen LogP contribution in [0.3, 0.4) is 0 Å². The minimum Gasteiger partial charge on any atom is -0.467 e. The summed E-state index contributed by atoms with van der Waals surface area (Å²) in [7, 11) is 0. The van der Waals surface area contributed by atoms with Crippen LogP contribution in [0.1, 0.15) is 40.7 Å². The number of amides is 1. The lowest BCUT2D eigenvalue weighted by atomic mass is 9.87. The smallest absolute Gasteiger partial charge is 0.261 e. The number of carbonyl (C=O) groups is 1. The Morgan fingerprint density at radius 1 is 1.52 bits per heavy atom. The van der Waals surface area contributed by atoms with Crippen LogP contribution in [-0.2, 0) is 19.4 Å². The van der Waals surface area contributed by atoms with Gasteiger partial charge in [0.25, 0.3) is 11.5 Å². The van der Waals surface area contributed by atoms with Gasteiger partial charge in [0.15, 0.2) is 0 Å². The molecule has 1 aliphatic rings. The lowest BCUT2D eigenvalue weighted by molar-refractivity contribution is 0.0946. The van der Waals surface area contributed by atoms with Gasteiger partial charge in [0.05, 0.1) is 12.8 Å². The third kappa shape index (κ3) is 2.91. The van der Waals surface area contributed by atoms with Gasteiger partial charge in [-0.1, -0.05) is 6.92 Å². The van der Waals surface area contributed by atoms with Gasteiger partial charge in [0.2, 0.25) is 0 Å². The second-order valence-corrected chi connectivity index (χ2v) is 5.63. The average molecular weight is 286 g/mol. The molecular weight excluding hydrogens is 268 g/mol. The number of rotatable bonds is 3. The van der Waals surface area contributed by atoms with Crippen LogP contribution in [0.2, 0.25) is 0 Å². The van der Waals surface area contributed by atoms with E-state index in [1.807, 2.05) is 0 Å². The number of fused-ring (bicyclic) bond motifs is 1. The molecule has 2 aromatic heterocycles. The normalized spacial score (nSPS) is 17.3. The van der Waals surface area contributed by atoms with Crippen molar-refractivity contribution in [3.8, 4) is 0 Å². The van der Waals surface area contributed by atoms with Gasteiger partial charge in [-0.2, -0.15) is 0 Å². The predicted octanol–water partition coefficient (Wildman–Crippen LogP) is 2.02. The molecule has 2 N–H and O–H groups in total. The lowest BCUT2D eigenvalue weighted by Crippen LogP contribution is -2.31.